The normalized spacial score (nSPS) is 10.5. The lowest BCUT2D eigenvalue weighted by atomic mass is 10.1. The lowest BCUT2D eigenvalue weighted by molar-refractivity contribution is 0.0948. The highest BCUT2D eigenvalue weighted by atomic mass is 19.1. The van der Waals surface area contributed by atoms with Crippen molar-refractivity contribution in [3.8, 4) is 22.9 Å². The van der Waals surface area contributed by atoms with Crippen molar-refractivity contribution in [3.63, 3.8) is 0 Å². The van der Waals surface area contributed by atoms with E-state index in [-0.39, 0.29) is 11.7 Å². The van der Waals surface area contributed by atoms with Gasteiger partial charge in [0.25, 0.3) is 5.91 Å². The molecule has 0 aliphatic rings. The predicted molar refractivity (Wildman–Crippen MR) is 103 cm³/mol. The van der Waals surface area contributed by atoms with E-state index in [4.69, 9.17) is 9.47 Å². The van der Waals surface area contributed by atoms with Gasteiger partial charge in [0.1, 0.15) is 17.9 Å². The van der Waals surface area contributed by atoms with Crippen LogP contribution < -0.4 is 10.1 Å². The van der Waals surface area contributed by atoms with E-state index in [9.17, 15) is 9.18 Å². The monoisotopic (exact) mass is 381 g/mol. The molecule has 1 heterocycles. The van der Waals surface area contributed by atoms with Gasteiger partial charge in [0.15, 0.2) is 0 Å². The van der Waals surface area contributed by atoms with Gasteiger partial charge in [-0.15, -0.1) is 0 Å². The molecule has 3 rings (SSSR count). The van der Waals surface area contributed by atoms with Crippen LogP contribution in [0.15, 0.2) is 60.9 Å². The summed E-state index contributed by atoms with van der Waals surface area (Å²) in [5.74, 6) is 0.308. The molecule has 144 valence electrons. The minimum absolute atomic E-state index is 0.184. The summed E-state index contributed by atoms with van der Waals surface area (Å²) in [6, 6.07) is 14.5. The Morgan fingerprint density at radius 3 is 2.71 bits per heavy atom. The largest absolute Gasteiger partial charge is 0.439 e. The molecule has 7 heteroatoms. The van der Waals surface area contributed by atoms with Gasteiger partial charge in [-0.1, -0.05) is 6.07 Å². The first-order valence-electron chi connectivity index (χ1n) is 8.79. The number of nitrogens with one attached hydrogen (secondary N) is 1. The summed E-state index contributed by atoms with van der Waals surface area (Å²) in [5.41, 5.74) is 1.85. The quantitative estimate of drug-likeness (QED) is 0.600. The van der Waals surface area contributed by atoms with Crippen LogP contribution in [0.3, 0.4) is 0 Å². The molecule has 6 nitrogen and oxygen atoms in total. The first kappa shape index (κ1) is 19.4. The molecule has 0 saturated heterocycles. The number of amides is 1. The minimum atomic E-state index is -0.313. The molecular weight excluding hydrogens is 361 g/mol. The average Bonchev–Trinajstić information content (AvgIpc) is 2.72. The number of hydrogen-bond acceptors (Lipinski definition) is 5. The number of methoxy groups -OCH3 is 1. The Kier molecular flexibility index (Phi) is 6.64. The molecule has 2 aromatic carbocycles. The van der Waals surface area contributed by atoms with E-state index in [1.165, 1.54) is 18.5 Å². The predicted octanol–water partition coefficient (Wildman–Crippen LogP) is 3.84. The number of carbonyl (C=O) groups is 1. The number of hydrogen-bond donors (Lipinski definition) is 1. The van der Waals surface area contributed by atoms with Crippen LogP contribution in [-0.4, -0.2) is 36.1 Å². The molecule has 0 fully saturated rings. The molecular formula is C21H20FN3O3. The molecule has 0 atom stereocenters. The molecule has 28 heavy (non-hydrogen) atoms. The number of ether oxygens (including phenoxy) is 2. The molecule has 0 aliphatic carbocycles. The van der Waals surface area contributed by atoms with E-state index in [0.29, 0.717) is 36.0 Å². The Morgan fingerprint density at radius 2 is 1.93 bits per heavy atom. The van der Waals surface area contributed by atoms with E-state index in [0.717, 1.165) is 12.0 Å². The van der Waals surface area contributed by atoms with E-state index in [2.05, 4.69) is 15.3 Å². The van der Waals surface area contributed by atoms with E-state index < -0.39 is 0 Å². The van der Waals surface area contributed by atoms with Crippen molar-refractivity contribution in [2.24, 2.45) is 0 Å². The van der Waals surface area contributed by atoms with Gasteiger partial charge in [-0.05, 0) is 48.9 Å². The SMILES string of the molecule is COCCCNC(=O)c1cccc(Oc2cc(-c3ccc(F)cc3)ncn2)c1. The van der Waals surface area contributed by atoms with Gasteiger partial charge in [-0.2, -0.15) is 0 Å². The maximum Gasteiger partial charge on any atom is 0.251 e. The fraction of sp³-hybridized carbons (Fsp3) is 0.190. The van der Waals surface area contributed by atoms with Crippen LogP contribution in [0.1, 0.15) is 16.8 Å². The second kappa shape index (κ2) is 9.57. The molecule has 1 N–H and O–H groups in total. The lowest BCUT2D eigenvalue weighted by Crippen LogP contribution is -2.25. The Bertz CT molecular complexity index is 932. The molecule has 3 aromatic rings. The summed E-state index contributed by atoms with van der Waals surface area (Å²) in [5, 5.41) is 2.83. The second-order valence-corrected chi connectivity index (χ2v) is 5.98. The topological polar surface area (TPSA) is 73.3 Å². The highest BCUT2D eigenvalue weighted by molar-refractivity contribution is 5.94. The van der Waals surface area contributed by atoms with Gasteiger partial charge in [0.2, 0.25) is 5.88 Å². The summed E-state index contributed by atoms with van der Waals surface area (Å²) >= 11 is 0. The Morgan fingerprint density at radius 1 is 1.11 bits per heavy atom. The van der Waals surface area contributed by atoms with Gasteiger partial charge in [-0.3, -0.25) is 4.79 Å². The standard InChI is InChI=1S/C21H20FN3O3/c1-27-11-3-10-23-21(26)16-4-2-5-18(12-16)28-20-13-19(24-14-25-20)15-6-8-17(22)9-7-15/h2,4-9,12-14H,3,10-11H2,1H3,(H,23,26). The van der Waals surface area contributed by atoms with Crippen molar-refractivity contribution in [2.45, 2.75) is 6.42 Å². The number of carbonyl (C=O) groups excluding carboxylic acids is 1. The number of benzene rings is 2. The number of nitrogens with zero attached hydrogens (tertiary/aromatic N) is 2. The maximum atomic E-state index is 13.1. The molecule has 0 unspecified atom stereocenters. The van der Waals surface area contributed by atoms with Gasteiger partial charge < -0.3 is 14.8 Å². The number of halogens is 1. The second-order valence-electron chi connectivity index (χ2n) is 5.98. The average molecular weight is 381 g/mol. The van der Waals surface area contributed by atoms with Crippen molar-refractivity contribution >= 4 is 5.91 Å². The smallest absolute Gasteiger partial charge is 0.251 e. The van der Waals surface area contributed by atoms with E-state index in [1.54, 1.807) is 49.6 Å². The number of rotatable bonds is 8. The third-order valence-electron chi connectivity index (χ3n) is 3.91. The summed E-state index contributed by atoms with van der Waals surface area (Å²) in [7, 11) is 1.62. The molecule has 1 aromatic heterocycles. The van der Waals surface area contributed by atoms with Gasteiger partial charge in [-0.25, -0.2) is 14.4 Å². The summed E-state index contributed by atoms with van der Waals surface area (Å²) in [6.07, 6.45) is 2.12. The Hall–Kier alpha value is -3.32. The zero-order valence-corrected chi connectivity index (χ0v) is 15.4. The molecule has 0 bridgehead atoms. The van der Waals surface area contributed by atoms with Crippen LogP contribution in [0.25, 0.3) is 11.3 Å². The van der Waals surface area contributed by atoms with Crippen molar-refractivity contribution in [2.75, 3.05) is 20.3 Å². The van der Waals surface area contributed by atoms with E-state index in [1.807, 2.05) is 0 Å². The van der Waals surface area contributed by atoms with Crippen molar-refractivity contribution in [1.82, 2.24) is 15.3 Å². The molecule has 0 aliphatic heterocycles. The summed E-state index contributed by atoms with van der Waals surface area (Å²) in [4.78, 5) is 20.5. The van der Waals surface area contributed by atoms with Gasteiger partial charge in [0.05, 0.1) is 5.69 Å². The molecule has 0 radical (unpaired) electrons. The highest BCUT2D eigenvalue weighted by Gasteiger charge is 2.08. The van der Waals surface area contributed by atoms with Crippen molar-refractivity contribution < 1.29 is 18.7 Å². The molecule has 1 amide bonds. The summed E-state index contributed by atoms with van der Waals surface area (Å²) in [6.45, 7) is 1.12. The van der Waals surface area contributed by atoms with Crippen LogP contribution in [0.4, 0.5) is 4.39 Å². The fourth-order valence-corrected chi connectivity index (χ4v) is 2.52. The highest BCUT2D eigenvalue weighted by Crippen LogP contribution is 2.24. The lowest BCUT2D eigenvalue weighted by Gasteiger charge is -2.09. The fourth-order valence-electron chi connectivity index (χ4n) is 2.52. The zero-order valence-electron chi connectivity index (χ0n) is 15.4. The third-order valence-corrected chi connectivity index (χ3v) is 3.91. The van der Waals surface area contributed by atoms with Gasteiger partial charge >= 0.3 is 0 Å². The van der Waals surface area contributed by atoms with Crippen LogP contribution in [-0.2, 0) is 4.74 Å². The van der Waals surface area contributed by atoms with Crippen LogP contribution in [0, 0.1) is 5.82 Å². The zero-order chi connectivity index (χ0) is 19.8. The number of aromatic nitrogens is 2. The van der Waals surface area contributed by atoms with Gasteiger partial charge in [0, 0.05) is 37.5 Å². The van der Waals surface area contributed by atoms with Crippen LogP contribution >= 0.6 is 0 Å². The summed E-state index contributed by atoms with van der Waals surface area (Å²) < 4.78 is 23.8. The molecule has 0 spiro atoms. The maximum absolute atomic E-state index is 13.1. The van der Waals surface area contributed by atoms with E-state index >= 15 is 0 Å². The minimum Gasteiger partial charge on any atom is -0.439 e. The third kappa shape index (κ3) is 5.34. The Balaban J connectivity index is 1.69. The Labute approximate surface area is 162 Å². The first-order valence-corrected chi connectivity index (χ1v) is 8.79. The van der Waals surface area contributed by atoms with Crippen LogP contribution in [0.2, 0.25) is 0 Å². The van der Waals surface area contributed by atoms with Crippen molar-refractivity contribution in [1.29, 1.82) is 0 Å². The molecule has 0 saturated carbocycles. The van der Waals surface area contributed by atoms with Crippen LogP contribution in [0.5, 0.6) is 11.6 Å². The van der Waals surface area contributed by atoms with Crippen molar-refractivity contribution in [3.05, 3.63) is 72.3 Å². The first-order chi connectivity index (χ1) is 13.7.